The third kappa shape index (κ3) is 4.03. The highest BCUT2D eigenvalue weighted by Gasteiger charge is 2.32. The second-order valence-corrected chi connectivity index (χ2v) is 11.3. The molecule has 1 atom stereocenters. The summed E-state index contributed by atoms with van der Waals surface area (Å²) >= 11 is 12.2. The number of para-hydroxylation sites is 1. The highest BCUT2D eigenvalue weighted by molar-refractivity contribution is 7.91. The van der Waals surface area contributed by atoms with Gasteiger partial charge >= 0.3 is 0 Å². The molecule has 1 aromatic heterocycles. The quantitative estimate of drug-likeness (QED) is 0.568. The monoisotopic (exact) mass is 486 g/mol. The van der Waals surface area contributed by atoms with Crippen LogP contribution < -0.4 is 5.32 Å². The number of allylic oxidation sites excluding steroid dienone is 1. The van der Waals surface area contributed by atoms with Gasteiger partial charge in [-0.25, -0.2) is 13.4 Å². The number of sulfone groups is 1. The van der Waals surface area contributed by atoms with E-state index in [9.17, 15) is 13.2 Å². The summed E-state index contributed by atoms with van der Waals surface area (Å²) in [5, 5.41) is 4.71. The van der Waals surface area contributed by atoms with Crippen LogP contribution in [0.5, 0.6) is 0 Å². The summed E-state index contributed by atoms with van der Waals surface area (Å²) in [5.41, 5.74) is 4.97. The molecule has 1 aliphatic heterocycles. The Kier molecular flexibility index (Phi) is 5.48. The Morgan fingerprint density at radius 1 is 1.09 bits per heavy atom. The van der Waals surface area contributed by atoms with Crippen LogP contribution in [0.1, 0.15) is 40.0 Å². The molecule has 0 saturated carbocycles. The number of nitrogens with zero attached hydrogens (tertiary/aromatic N) is 1. The molecule has 2 aliphatic rings. The van der Waals surface area contributed by atoms with Crippen LogP contribution in [-0.4, -0.2) is 36.9 Å². The molecule has 3 aromatic rings. The van der Waals surface area contributed by atoms with Crippen molar-refractivity contribution in [3.63, 3.8) is 0 Å². The number of hydrogen-bond donors (Lipinski definition) is 1. The molecule has 1 fully saturated rings. The molecule has 1 amide bonds. The molecule has 2 heterocycles. The molecule has 5 nitrogen and oxygen atoms in total. The molecule has 32 heavy (non-hydrogen) atoms. The minimum Gasteiger partial charge on any atom is -0.348 e. The van der Waals surface area contributed by atoms with Gasteiger partial charge in [-0.2, -0.15) is 0 Å². The van der Waals surface area contributed by atoms with Crippen LogP contribution in [-0.2, 0) is 16.3 Å². The van der Waals surface area contributed by atoms with Gasteiger partial charge in [0.25, 0.3) is 5.91 Å². The molecule has 0 radical (unpaired) electrons. The molecule has 1 aliphatic carbocycles. The number of carbonyl (C=O) groups excluding carboxylic acids is 1. The lowest BCUT2D eigenvalue weighted by Gasteiger charge is -2.15. The Bertz CT molecular complexity index is 1400. The number of halogens is 2. The summed E-state index contributed by atoms with van der Waals surface area (Å²) in [6.07, 6.45) is 3.91. The largest absolute Gasteiger partial charge is 0.348 e. The molecule has 1 unspecified atom stereocenters. The number of fused-ring (bicyclic) bond motifs is 2. The van der Waals surface area contributed by atoms with Gasteiger partial charge in [0.05, 0.1) is 38.3 Å². The molecule has 1 N–H and O–H groups in total. The zero-order chi connectivity index (χ0) is 22.5. The smallest absolute Gasteiger partial charge is 0.252 e. The number of carbonyl (C=O) groups is 1. The number of amides is 1. The maximum Gasteiger partial charge on any atom is 0.252 e. The summed E-state index contributed by atoms with van der Waals surface area (Å²) < 4.78 is 23.7. The first-order chi connectivity index (χ1) is 15.3. The Morgan fingerprint density at radius 3 is 2.66 bits per heavy atom. The van der Waals surface area contributed by atoms with Gasteiger partial charge < -0.3 is 5.32 Å². The van der Waals surface area contributed by atoms with Gasteiger partial charge in [0.1, 0.15) is 0 Å². The van der Waals surface area contributed by atoms with Crippen molar-refractivity contribution in [2.24, 2.45) is 0 Å². The summed E-state index contributed by atoms with van der Waals surface area (Å²) in [5.74, 6) is -0.131. The Hall–Kier alpha value is -2.41. The molecule has 8 heteroatoms. The molecular weight excluding hydrogens is 467 g/mol. The van der Waals surface area contributed by atoms with Crippen molar-refractivity contribution in [3.05, 3.63) is 74.9 Å². The lowest BCUT2D eigenvalue weighted by atomic mass is 9.99. The van der Waals surface area contributed by atoms with Gasteiger partial charge in [0.15, 0.2) is 9.84 Å². The van der Waals surface area contributed by atoms with Crippen molar-refractivity contribution < 1.29 is 13.2 Å². The number of nitrogens with one attached hydrogen (secondary N) is 1. The van der Waals surface area contributed by atoms with E-state index in [1.807, 2.05) is 42.5 Å². The number of pyridine rings is 1. The summed E-state index contributed by atoms with van der Waals surface area (Å²) in [4.78, 5) is 18.2. The third-order valence-corrected chi connectivity index (χ3v) is 8.53. The number of benzene rings is 2. The minimum atomic E-state index is -3.08. The first kappa shape index (κ1) is 21.4. The number of hydrogen-bond acceptors (Lipinski definition) is 4. The average molecular weight is 487 g/mol. The highest BCUT2D eigenvalue weighted by Crippen LogP contribution is 2.38. The van der Waals surface area contributed by atoms with Crippen molar-refractivity contribution in [1.29, 1.82) is 0 Å². The van der Waals surface area contributed by atoms with Crippen LogP contribution in [0.4, 0.5) is 0 Å². The number of rotatable bonds is 3. The molecule has 0 spiro atoms. The maximum atomic E-state index is 13.3. The van der Waals surface area contributed by atoms with Crippen LogP contribution in [0.2, 0.25) is 10.0 Å². The fourth-order valence-corrected chi connectivity index (χ4v) is 6.49. The predicted molar refractivity (Wildman–Crippen MR) is 129 cm³/mol. The van der Waals surface area contributed by atoms with E-state index in [0.29, 0.717) is 28.5 Å². The van der Waals surface area contributed by atoms with Crippen LogP contribution in [0, 0.1) is 0 Å². The fourth-order valence-electron chi connectivity index (χ4n) is 4.51. The fraction of sp³-hybridized carbons (Fsp3) is 0.250. The highest BCUT2D eigenvalue weighted by atomic mass is 35.5. The average Bonchev–Trinajstić information content (AvgIpc) is 3.31. The topological polar surface area (TPSA) is 76.1 Å². The maximum absolute atomic E-state index is 13.3. The molecule has 2 aromatic carbocycles. The van der Waals surface area contributed by atoms with Crippen molar-refractivity contribution in [1.82, 2.24) is 10.3 Å². The van der Waals surface area contributed by atoms with E-state index in [4.69, 9.17) is 28.2 Å². The van der Waals surface area contributed by atoms with Gasteiger partial charge in [0, 0.05) is 11.4 Å². The van der Waals surface area contributed by atoms with E-state index in [2.05, 4.69) is 5.32 Å². The van der Waals surface area contributed by atoms with E-state index in [1.165, 1.54) is 0 Å². The zero-order valence-electron chi connectivity index (χ0n) is 17.1. The molecule has 0 bridgehead atoms. The molecular formula is C24H20Cl2N2O3S. The van der Waals surface area contributed by atoms with Crippen LogP contribution >= 0.6 is 23.2 Å². The lowest BCUT2D eigenvalue weighted by Crippen LogP contribution is -2.36. The SMILES string of the molecule is O=C(NC1CCS(=O)(=O)C1)c1c2c(nc3ccccc13)/C(=C/c1ccc(Cl)c(Cl)c1)CC2. The Balaban J connectivity index is 1.58. The lowest BCUT2D eigenvalue weighted by molar-refractivity contribution is 0.0942. The van der Waals surface area contributed by atoms with Gasteiger partial charge in [0.2, 0.25) is 0 Å². The van der Waals surface area contributed by atoms with Crippen molar-refractivity contribution in [3.8, 4) is 0 Å². The van der Waals surface area contributed by atoms with E-state index in [0.717, 1.165) is 39.7 Å². The summed E-state index contributed by atoms with van der Waals surface area (Å²) in [6, 6.07) is 12.7. The number of aromatic nitrogens is 1. The Morgan fingerprint density at radius 2 is 1.91 bits per heavy atom. The minimum absolute atomic E-state index is 0.00751. The van der Waals surface area contributed by atoms with E-state index >= 15 is 0 Å². The second kappa shape index (κ2) is 8.18. The van der Waals surface area contributed by atoms with Crippen LogP contribution in [0.3, 0.4) is 0 Å². The van der Waals surface area contributed by atoms with Gasteiger partial charge in [-0.1, -0.05) is 47.5 Å². The molecule has 1 saturated heterocycles. The first-order valence-electron chi connectivity index (χ1n) is 10.4. The van der Waals surface area contributed by atoms with Crippen molar-refractivity contribution >= 4 is 61.5 Å². The van der Waals surface area contributed by atoms with Crippen molar-refractivity contribution in [2.75, 3.05) is 11.5 Å². The molecule has 164 valence electrons. The summed E-state index contributed by atoms with van der Waals surface area (Å²) in [6.45, 7) is 0. The van der Waals surface area contributed by atoms with E-state index < -0.39 is 9.84 Å². The third-order valence-electron chi connectivity index (χ3n) is 6.02. The second-order valence-electron chi connectivity index (χ2n) is 8.25. The zero-order valence-corrected chi connectivity index (χ0v) is 19.4. The standard InChI is InChI=1S/C24H20Cl2N2O3S/c25-19-8-5-14(12-20(19)26)11-15-6-7-18-22(17-3-1-2-4-21(17)28-23(15)18)24(29)27-16-9-10-32(30,31)13-16/h1-5,8,11-12,16H,6-7,9-10,13H2,(H,27,29)/b15-11+. The van der Waals surface area contributed by atoms with E-state index in [1.54, 1.807) is 6.07 Å². The Labute approximate surface area is 196 Å². The van der Waals surface area contributed by atoms with Crippen LogP contribution in [0.25, 0.3) is 22.6 Å². The first-order valence-corrected chi connectivity index (χ1v) is 13.0. The summed E-state index contributed by atoms with van der Waals surface area (Å²) in [7, 11) is -3.08. The van der Waals surface area contributed by atoms with Crippen molar-refractivity contribution in [2.45, 2.75) is 25.3 Å². The van der Waals surface area contributed by atoms with Gasteiger partial charge in [-0.05, 0) is 60.2 Å². The van der Waals surface area contributed by atoms with Crippen LogP contribution in [0.15, 0.2) is 42.5 Å². The normalized spacial score (nSPS) is 20.6. The van der Waals surface area contributed by atoms with Gasteiger partial charge in [-0.3, -0.25) is 4.79 Å². The van der Waals surface area contributed by atoms with E-state index in [-0.39, 0.29) is 23.5 Å². The predicted octanol–water partition coefficient (Wildman–Crippen LogP) is 4.95. The molecule has 5 rings (SSSR count). The van der Waals surface area contributed by atoms with Gasteiger partial charge in [-0.15, -0.1) is 0 Å².